The molecular formula is C20H20N4O5S2. The smallest absolute Gasteiger partial charge is 0.257 e. The predicted octanol–water partition coefficient (Wildman–Crippen LogP) is 3.82. The van der Waals surface area contributed by atoms with E-state index in [0.717, 1.165) is 9.87 Å². The number of ether oxygens (including phenoxy) is 1. The van der Waals surface area contributed by atoms with Crippen LogP contribution in [0.3, 0.4) is 0 Å². The predicted molar refractivity (Wildman–Crippen MR) is 115 cm³/mol. The van der Waals surface area contributed by atoms with Crippen molar-refractivity contribution in [1.29, 1.82) is 0 Å². The van der Waals surface area contributed by atoms with E-state index in [-0.39, 0.29) is 4.90 Å². The zero-order chi connectivity index (χ0) is 22.0. The Morgan fingerprint density at radius 3 is 2.71 bits per heavy atom. The SMILES string of the molecule is CCOc1ccccc1-c1noc(CSc2nc3cc(S(=O)(=O)N(C)C)ccc3o2)n1. The summed E-state index contributed by atoms with van der Waals surface area (Å²) in [6.07, 6.45) is 0. The Hall–Kier alpha value is -2.89. The molecule has 162 valence electrons. The van der Waals surface area contributed by atoms with Crippen molar-refractivity contribution >= 4 is 32.9 Å². The lowest BCUT2D eigenvalue weighted by molar-refractivity contribution is 0.341. The van der Waals surface area contributed by atoms with Gasteiger partial charge in [-0.2, -0.15) is 4.98 Å². The van der Waals surface area contributed by atoms with E-state index in [1.807, 2.05) is 31.2 Å². The first-order chi connectivity index (χ1) is 14.9. The number of para-hydroxylation sites is 1. The molecular weight excluding hydrogens is 440 g/mol. The van der Waals surface area contributed by atoms with Crippen molar-refractivity contribution in [1.82, 2.24) is 19.4 Å². The summed E-state index contributed by atoms with van der Waals surface area (Å²) in [5.74, 6) is 1.88. The molecule has 4 aromatic rings. The molecule has 0 aliphatic heterocycles. The highest BCUT2D eigenvalue weighted by molar-refractivity contribution is 7.98. The number of benzene rings is 2. The first-order valence-electron chi connectivity index (χ1n) is 9.39. The standard InChI is InChI=1S/C20H20N4O5S2/c1-4-27-16-8-6-5-7-14(16)19-22-18(29-23-19)12-30-20-21-15-11-13(9-10-17(15)28-20)31(25,26)24(2)3/h5-11H,4,12H2,1-3H3. The van der Waals surface area contributed by atoms with Gasteiger partial charge in [0, 0.05) is 14.1 Å². The van der Waals surface area contributed by atoms with Crippen LogP contribution in [0.5, 0.6) is 5.75 Å². The second kappa shape index (κ2) is 8.69. The van der Waals surface area contributed by atoms with Gasteiger partial charge in [-0.05, 0) is 37.3 Å². The summed E-state index contributed by atoms with van der Waals surface area (Å²) in [6.45, 7) is 2.45. The maximum Gasteiger partial charge on any atom is 0.257 e. The van der Waals surface area contributed by atoms with Crippen molar-refractivity contribution in [3.05, 3.63) is 48.4 Å². The maximum absolute atomic E-state index is 12.3. The number of aromatic nitrogens is 3. The van der Waals surface area contributed by atoms with E-state index in [4.69, 9.17) is 13.7 Å². The lowest BCUT2D eigenvalue weighted by atomic mass is 10.2. The summed E-state index contributed by atoms with van der Waals surface area (Å²) < 4.78 is 42.4. The Labute approximate surface area is 183 Å². The number of nitrogens with zero attached hydrogens (tertiary/aromatic N) is 4. The van der Waals surface area contributed by atoms with Crippen LogP contribution in [-0.4, -0.2) is 48.5 Å². The molecule has 0 spiro atoms. The monoisotopic (exact) mass is 460 g/mol. The van der Waals surface area contributed by atoms with Gasteiger partial charge in [-0.25, -0.2) is 17.7 Å². The third-order valence-corrected chi connectivity index (χ3v) is 6.96. The van der Waals surface area contributed by atoms with Crippen LogP contribution >= 0.6 is 11.8 Å². The van der Waals surface area contributed by atoms with Crippen molar-refractivity contribution in [3.8, 4) is 17.1 Å². The topological polar surface area (TPSA) is 112 Å². The molecule has 9 nitrogen and oxygen atoms in total. The third-order valence-electron chi connectivity index (χ3n) is 4.33. The van der Waals surface area contributed by atoms with Crippen LogP contribution in [-0.2, 0) is 15.8 Å². The average Bonchev–Trinajstić information content (AvgIpc) is 3.39. The van der Waals surface area contributed by atoms with Crippen LogP contribution in [0.15, 0.2) is 61.5 Å². The molecule has 0 N–H and O–H groups in total. The molecule has 0 bridgehead atoms. The van der Waals surface area contributed by atoms with Crippen molar-refractivity contribution in [2.24, 2.45) is 0 Å². The molecule has 11 heteroatoms. The van der Waals surface area contributed by atoms with E-state index < -0.39 is 10.0 Å². The molecule has 2 aromatic carbocycles. The van der Waals surface area contributed by atoms with Crippen LogP contribution in [0.1, 0.15) is 12.8 Å². The maximum atomic E-state index is 12.3. The Bertz CT molecular complexity index is 1310. The van der Waals surface area contributed by atoms with Crippen LogP contribution in [0.4, 0.5) is 0 Å². The number of sulfonamides is 1. The van der Waals surface area contributed by atoms with Crippen molar-refractivity contribution in [3.63, 3.8) is 0 Å². The summed E-state index contributed by atoms with van der Waals surface area (Å²) in [5.41, 5.74) is 1.71. The number of fused-ring (bicyclic) bond motifs is 1. The van der Waals surface area contributed by atoms with E-state index >= 15 is 0 Å². The molecule has 0 amide bonds. The summed E-state index contributed by atoms with van der Waals surface area (Å²) in [5, 5.41) is 4.42. The quantitative estimate of drug-likeness (QED) is 0.362. The molecule has 0 atom stereocenters. The first-order valence-corrected chi connectivity index (χ1v) is 11.8. The highest BCUT2D eigenvalue weighted by Crippen LogP contribution is 2.30. The largest absolute Gasteiger partial charge is 0.493 e. The average molecular weight is 461 g/mol. The molecule has 0 aliphatic carbocycles. The van der Waals surface area contributed by atoms with E-state index in [1.165, 1.54) is 38.0 Å². The Morgan fingerprint density at radius 1 is 1.13 bits per heavy atom. The fourth-order valence-corrected chi connectivity index (χ4v) is 4.40. The molecule has 0 saturated heterocycles. The summed E-state index contributed by atoms with van der Waals surface area (Å²) >= 11 is 1.28. The molecule has 0 fully saturated rings. The Kier molecular flexibility index (Phi) is 5.99. The highest BCUT2D eigenvalue weighted by Gasteiger charge is 2.19. The molecule has 0 aliphatic rings. The van der Waals surface area contributed by atoms with Gasteiger partial charge in [0.05, 0.1) is 22.8 Å². The van der Waals surface area contributed by atoms with Crippen molar-refractivity contribution in [2.75, 3.05) is 20.7 Å². The summed E-state index contributed by atoms with van der Waals surface area (Å²) in [7, 11) is -0.582. The number of thioether (sulfide) groups is 1. The van der Waals surface area contributed by atoms with Gasteiger partial charge in [-0.15, -0.1) is 0 Å². The fraction of sp³-hybridized carbons (Fsp3) is 0.250. The van der Waals surface area contributed by atoms with Gasteiger partial charge in [0.15, 0.2) is 5.58 Å². The van der Waals surface area contributed by atoms with Gasteiger partial charge in [0.2, 0.25) is 21.7 Å². The van der Waals surface area contributed by atoms with Gasteiger partial charge in [0.1, 0.15) is 11.3 Å². The minimum atomic E-state index is -3.54. The molecule has 2 heterocycles. The lowest BCUT2D eigenvalue weighted by Gasteiger charge is -2.10. The van der Waals surface area contributed by atoms with Gasteiger partial charge in [-0.3, -0.25) is 0 Å². The number of hydrogen-bond acceptors (Lipinski definition) is 9. The zero-order valence-corrected chi connectivity index (χ0v) is 18.7. The van der Waals surface area contributed by atoms with Crippen LogP contribution in [0.25, 0.3) is 22.5 Å². The fourth-order valence-electron chi connectivity index (χ4n) is 2.80. The van der Waals surface area contributed by atoms with Crippen LogP contribution in [0.2, 0.25) is 0 Å². The lowest BCUT2D eigenvalue weighted by Crippen LogP contribution is -2.22. The first kappa shape index (κ1) is 21.3. The minimum absolute atomic E-state index is 0.157. The van der Waals surface area contributed by atoms with E-state index in [9.17, 15) is 8.42 Å². The highest BCUT2D eigenvalue weighted by atomic mass is 32.2. The van der Waals surface area contributed by atoms with Gasteiger partial charge in [-0.1, -0.05) is 29.1 Å². The summed E-state index contributed by atoms with van der Waals surface area (Å²) in [4.78, 5) is 8.95. The zero-order valence-electron chi connectivity index (χ0n) is 17.1. The summed E-state index contributed by atoms with van der Waals surface area (Å²) in [6, 6.07) is 12.1. The molecule has 0 unspecified atom stereocenters. The van der Waals surface area contributed by atoms with Crippen molar-refractivity contribution < 1.29 is 22.1 Å². The molecule has 4 rings (SSSR count). The van der Waals surface area contributed by atoms with E-state index in [1.54, 1.807) is 6.07 Å². The van der Waals surface area contributed by atoms with E-state index in [0.29, 0.717) is 46.1 Å². The minimum Gasteiger partial charge on any atom is -0.493 e. The van der Waals surface area contributed by atoms with Gasteiger partial charge >= 0.3 is 0 Å². The van der Waals surface area contributed by atoms with Crippen LogP contribution in [0, 0.1) is 0 Å². The molecule has 2 aromatic heterocycles. The normalized spacial score (nSPS) is 12.0. The molecule has 0 saturated carbocycles. The van der Waals surface area contributed by atoms with Crippen LogP contribution < -0.4 is 4.74 Å². The Balaban J connectivity index is 1.50. The second-order valence-corrected chi connectivity index (χ2v) is 9.70. The van der Waals surface area contributed by atoms with Gasteiger partial charge in [0.25, 0.3) is 5.22 Å². The Morgan fingerprint density at radius 2 is 1.94 bits per heavy atom. The number of rotatable bonds is 8. The molecule has 31 heavy (non-hydrogen) atoms. The van der Waals surface area contributed by atoms with Gasteiger partial charge < -0.3 is 13.7 Å². The van der Waals surface area contributed by atoms with Crippen molar-refractivity contribution in [2.45, 2.75) is 22.8 Å². The number of oxazole rings is 1. The molecule has 0 radical (unpaired) electrons. The van der Waals surface area contributed by atoms with E-state index in [2.05, 4.69) is 15.1 Å². The second-order valence-electron chi connectivity index (χ2n) is 6.63. The number of hydrogen-bond donors (Lipinski definition) is 0. The third kappa shape index (κ3) is 4.43.